The molecule has 5 rings (SSSR count). The monoisotopic (exact) mass is 692 g/mol. The largest absolute Gasteiger partial charge is 0.480 e. The van der Waals surface area contributed by atoms with Crippen LogP contribution in [0, 0.1) is 32.4 Å². The van der Waals surface area contributed by atoms with E-state index in [1.54, 1.807) is 26.0 Å². The number of hydrogen-bond donors (Lipinski definition) is 5. The van der Waals surface area contributed by atoms with Crippen LogP contribution in [-0.2, 0) is 35.6 Å². The molecule has 15 heteroatoms. The minimum atomic E-state index is -2.82. The van der Waals surface area contributed by atoms with Gasteiger partial charge >= 0.3 is 5.97 Å². The number of hydrogen-bond acceptors (Lipinski definition) is 6. The average molecular weight is 693 g/mol. The average Bonchev–Trinajstić information content (AvgIpc) is 3.57. The van der Waals surface area contributed by atoms with Gasteiger partial charge in [0.05, 0.1) is 23.1 Å². The van der Waals surface area contributed by atoms with Gasteiger partial charge in [0.25, 0.3) is 17.2 Å². The van der Waals surface area contributed by atoms with Crippen LogP contribution in [0.1, 0.15) is 38.2 Å². The van der Waals surface area contributed by atoms with E-state index in [2.05, 4.69) is 20.6 Å². The zero-order chi connectivity index (χ0) is 35.4. The standard InChI is InChI=1S/C34H34F2N6O6S/c1-19-13-20(2)29(21(3)14-19)42(49(47)48)27(33(45)46)17-39-32(44)25-18-41(12-9-22-7-5-4-6-8-22)30-23(31(25)43)15-26(35)24(28(30)36)16-40-34-37-10-11-38-34/h4-8,10-11,13-15,18,27H,9,12,16-17H2,1-3H3,(H,39,44)(H,45,46)(H,47,48)(H2,37,38,40). The van der Waals surface area contributed by atoms with E-state index in [4.69, 9.17) is 0 Å². The molecule has 0 spiro atoms. The molecule has 1 amide bonds. The van der Waals surface area contributed by atoms with Crippen molar-refractivity contribution in [3.8, 4) is 0 Å². The molecule has 5 N–H and O–H groups in total. The Bertz CT molecular complexity index is 2080. The van der Waals surface area contributed by atoms with Gasteiger partial charge in [0.1, 0.15) is 11.4 Å². The van der Waals surface area contributed by atoms with Gasteiger partial charge in [-0.1, -0.05) is 48.0 Å². The lowest BCUT2D eigenvalue weighted by molar-refractivity contribution is -0.138. The number of amides is 1. The van der Waals surface area contributed by atoms with Gasteiger partial charge < -0.3 is 25.3 Å². The van der Waals surface area contributed by atoms with Crippen LogP contribution in [-0.4, -0.2) is 52.9 Å². The lowest BCUT2D eigenvalue weighted by atomic mass is 10.0. The van der Waals surface area contributed by atoms with Crippen molar-refractivity contribution in [3.63, 3.8) is 0 Å². The van der Waals surface area contributed by atoms with Crippen molar-refractivity contribution in [3.05, 3.63) is 122 Å². The van der Waals surface area contributed by atoms with Crippen LogP contribution in [0.15, 0.2) is 71.9 Å². The highest BCUT2D eigenvalue weighted by Crippen LogP contribution is 2.29. The van der Waals surface area contributed by atoms with Gasteiger partial charge in [0, 0.05) is 37.2 Å². The molecule has 0 saturated heterocycles. The molecule has 0 fully saturated rings. The van der Waals surface area contributed by atoms with Crippen molar-refractivity contribution in [2.45, 2.75) is 46.3 Å². The summed E-state index contributed by atoms with van der Waals surface area (Å²) in [6.45, 7) is 4.26. The maximum absolute atomic E-state index is 16.1. The van der Waals surface area contributed by atoms with E-state index >= 15 is 8.78 Å². The summed E-state index contributed by atoms with van der Waals surface area (Å²) in [5.74, 6) is -4.28. The number of carboxylic acid groups (broad SMARTS) is 1. The number of carboxylic acids is 1. The second kappa shape index (κ2) is 14.8. The number of aliphatic carboxylic acids is 1. The summed E-state index contributed by atoms with van der Waals surface area (Å²) in [5.41, 5.74) is 0.970. The summed E-state index contributed by atoms with van der Waals surface area (Å²) >= 11 is -2.82. The summed E-state index contributed by atoms with van der Waals surface area (Å²) in [5, 5.41) is 14.9. The van der Waals surface area contributed by atoms with Crippen molar-refractivity contribution in [2.75, 3.05) is 16.2 Å². The number of aromatic amines is 1. The first-order valence-electron chi connectivity index (χ1n) is 15.2. The summed E-state index contributed by atoms with van der Waals surface area (Å²) < 4.78 is 56.3. The van der Waals surface area contributed by atoms with Crippen molar-refractivity contribution in [2.24, 2.45) is 0 Å². The van der Waals surface area contributed by atoms with Crippen molar-refractivity contribution in [1.29, 1.82) is 0 Å². The smallest absolute Gasteiger partial charge is 0.329 e. The number of aryl methyl sites for hydroxylation is 5. The number of nitrogens with zero attached hydrogens (tertiary/aromatic N) is 3. The molecule has 5 aromatic rings. The number of fused-ring (bicyclic) bond motifs is 1. The van der Waals surface area contributed by atoms with Gasteiger partial charge in [-0.2, -0.15) is 0 Å². The minimum Gasteiger partial charge on any atom is -0.480 e. The SMILES string of the molecule is Cc1cc(C)c(N(C(CNC(=O)c2cn(CCc3ccccc3)c3c(F)c(CNc4ncc[nH]4)c(F)cc3c2=O)C(=O)O)S(=O)O)c(C)c1. The van der Waals surface area contributed by atoms with Crippen molar-refractivity contribution < 1.29 is 32.2 Å². The summed E-state index contributed by atoms with van der Waals surface area (Å²) in [6.07, 6.45) is 4.52. The molecule has 0 aliphatic carbocycles. The molecular formula is C34H34F2N6O6S. The predicted molar refractivity (Wildman–Crippen MR) is 182 cm³/mol. The molecule has 49 heavy (non-hydrogen) atoms. The molecule has 2 unspecified atom stereocenters. The van der Waals surface area contributed by atoms with Gasteiger partial charge in [0.15, 0.2) is 17.8 Å². The molecule has 2 atom stereocenters. The topological polar surface area (TPSA) is 170 Å². The Morgan fingerprint density at radius 1 is 1.10 bits per heavy atom. The lowest BCUT2D eigenvalue weighted by Gasteiger charge is -2.30. The third-order valence-corrected chi connectivity index (χ3v) is 8.83. The molecule has 0 saturated carbocycles. The number of halogens is 2. The minimum absolute atomic E-state index is 0.0929. The zero-order valence-electron chi connectivity index (χ0n) is 26.8. The van der Waals surface area contributed by atoms with Crippen LogP contribution in [0.3, 0.4) is 0 Å². The molecule has 0 bridgehead atoms. The van der Waals surface area contributed by atoms with E-state index in [-0.39, 0.29) is 35.8 Å². The maximum Gasteiger partial charge on any atom is 0.329 e. The fourth-order valence-corrected chi connectivity index (χ4v) is 6.70. The van der Waals surface area contributed by atoms with Crippen molar-refractivity contribution in [1.82, 2.24) is 19.9 Å². The highest BCUT2D eigenvalue weighted by atomic mass is 32.2. The van der Waals surface area contributed by atoms with Gasteiger partial charge in [0.2, 0.25) is 5.43 Å². The first kappa shape index (κ1) is 34.9. The normalized spacial score (nSPS) is 12.4. The first-order valence-corrected chi connectivity index (χ1v) is 16.2. The molecule has 2 heterocycles. The van der Waals surface area contributed by atoms with Gasteiger partial charge in [-0.05, 0) is 49.9 Å². The number of nitrogens with one attached hydrogen (secondary N) is 3. The molecule has 0 radical (unpaired) electrons. The van der Waals surface area contributed by atoms with Crippen LogP contribution in [0.4, 0.5) is 20.4 Å². The Labute approximate surface area is 282 Å². The van der Waals surface area contributed by atoms with E-state index < -0.39 is 63.7 Å². The number of carbonyl (C=O) groups is 2. The van der Waals surface area contributed by atoms with Crippen LogP contribution < -0.4 is 20.4 Å². The van der Waals surface area contributed by atoms with E-state index in [0.717, 1.165) is 27.7 Å². The van der Waals surface area contributed by atoms with E-state index in [9.17, 15) is 28.3 Å². The number of H-pyrrole nitrogens is 1. The van der Waals surface area contributed by atoms with Crippen LogP contribution >= 0.6 is 0 Å². The van der Waals surface area contributed by atoms with Gasteiger partial charge in [-0.25, -0.2) is 22.8 Å². The predicted octanol–water partition coefficient (Wildman–Crippen LogP) is 4.61. The highest BCUT2D eigenvalue weighted by molar-refractivity contribution is 7.80. The van der Waals surface area contributed by atoms with E-state index in [1.807, 2.05) is 37.3 Å². The quantitative estimate of drug-likeness (QED) is 0.112. The molecule has 12 nitrogen and oxygen atoms in total. The fourth-order valence-electron chi connectivity index (χ4n) is 5.87. The third kappa shape index (κ3) is 7.52. The highest BCUT2D eigenvalue weighted by Gasteiger charge is 2.33. The number of carbonyl (C=O) groups excluding carboxylic acids is 1. The van der Waals surface area contributed by atoms with Crippen LogP contribution in [0.2, 0.25) is 0 Å². The summed E-state index contributed by atoms with van der Waals surface area (Å²) in [7, 11) is 0. The third-order valence-electron chi connectivity index (χ3n) is 8.06. The molecule has 2 aromatic heterocycles. The number of anilines is 2. The molecule has 0 aliphatic rings. The summed E-state index contributed by atoms with van der Waals surface area (Å²) in [6, 6.07) is 11.8. The molecule has 256 valence electrons. The Morgan fingerprint density at radius 3 is 2.41 bits per heavy atom. The number of pyridine rings is 1. The Balaban J connectivity index is 1.53. The molecule has 3 aromatic carbocycles. The Kier molecular flexibility index (Phi) is 10.5. The molecule has 0 aliphatic heterocycles. The zero-order valence-corrected chi connectivity index (χ0v) is 27.6. The number of imidazole rings is 1. The second-order valence-corrected chi connectivity index (χ2v) is 12.4. The van der Waals surface area contributed by atoms with Crippen LogP contribution in [0.5, 0.6) is 0 Å². The number of benzene rings is 3. The Hall–Kier alpha value is -5.41. The first-order chi connectivity index (χ1) is 23.4. The summed E-state index contributed by atoms with van der Waals surface area (Å²) in [4.78, 5) is 46.4. The van der Waals surface area contributed by atoms with E-state index in [1.165, 1.54) is 17.0 Å². The van der Waals surface area contributed by atoms with Gasteiger partial charge in [-0.15, -0.1) is 0 Å². The van der Waals surface area contributed by atoms with Gasteiger partial charge in [-0.3, -0.25) is 18.4 Å². The molecular weight excluding hydrogens is 658 g/mol. The second-order valence-electron chi connectivity index (χ2n) is 11.5. The Morgan fingerprint density at radius 2 is 1.80 bits per heavy atom. The fraction of sp³-hybridized carbons (Fsp3) is 0.235. The van der Waals surface area contributed by atoms with E-state index in [0.29, 0.717) is 17.5 Å². The van der Waals surface area contributed by atoms with Crippen molar-refractivity contribution >= 4 is 45.7 Å². The number of rotatable bonds is 13. The maximum atomic E-state index is 16.1. The lowest BCUT2D eigenvalue weighted by Crippen LogP contribution is -2.50. The van der Waals surface area contributed by atoms with Crippen LogP contribution in [0.25, 0.3) is 10.9 Å². The number of aromatic nitrogens is 3.